The van der Waals surface area contributed by atoms with Crippen LogP contribution in [0.5, 0.6) is 0 Å². The molecule has 0 fully saturated rings. The Kier molecular flexibility index (Phi) is 6.08. The monoisotopic (exact) mass is 215 g/mol. The molecule has 0 aromatic rings. The van der Waals surface area contributed by atoms with Crippen LogP contribution < -0.4 is 0 Å². The van der Waals surface area contributed by atoms with Gasteiger partial charge in [-0.15, -0.1) is 0 Å². The van der Waals surface area contributed by atoms with Crippen LogP contribution in [0.1, 0.15) is 13.8 Å². The van der Waals surface area contributed by atoms with E-state index in [0.717, 1.165) is 0 Å². The molecule has 86 valence electrons. The summed E-state index contributed by atoms with van der Waals surface area (Å²) in [5.74, 6) is -0.252. The molecule has 0 aliphatic carbocycles. The van der Waals surface area contributed by atoms with Gasteiger partial charge in [-0.25, -0.2) is 0 Å². The Bertz CT molecular complexity index is 274. The molecule has 0 aliphatic heterocycles. The largest absolute Gasteiger partial charge is 0.399 e. The summed E-state index contributed by atoms with van der Waals surface area (Å²) >= 11 is 0. The number of rotatable bonds is 5. The van der Waals surface area contributed by atoms with Gasteiger partial charge in [-0.3, -0.25) is 4.79 Å². The molecule has 0 bridgehead atoms. The number of oxime groups is 2. The summed E-state index contributed by atoms with van der Waals surface area (Å²) in [4.78, 5) is 22.4. The van der Waals surface area contributed by atoms with Gasteiger partial charge in [0.15, 0.2) is 5.71 Å². The zero-order valence-electron chi connectivity index (χ0n) is 9.77. The number of nitrogens with zero attached hydrogens (tertiary/aromatic N) is 3. The van der Waals surface area contributed by atoms with Crippen molar-refractivity contribution in [1.82, 2.24) is 4.90 Å². The van der Waals surface area contributed by atoms with Crippen molar-refractivity contribution in [2.24, 2.45) is 10.3 Å². The summed E-state index contributed by atoms with van der Waals surface area (Å²) < 4.78 is 0. The highest BCUT2D eigenvalue weighted by molar-refractivity contribution is 6.66. The quantitative estimate of drug-likeness (QED) is 0.495. The molecule has 0 N–H and O–H groups in total. The molecule has 0 saturated carbocycles. The lowest BCUT2D eigenvalue weighted by atomic mass is 10.2. The minimum Gasteiger partial charge on any atom is -0.399 e. The molecule has 0 saturated heterocycles. The van der Waals surface area contributed by atoms with Gasteiger partial charge in [-0.1, -0.05) is 10.3 Å². The molecule has 0 heterocycles. The first-order chi connectivity index (χ1) is 7.08. The fourth-order valence-corrected chi connectivity index (χ4v) is 0.856. The van der Waals surface area contributed by atoms with E-state index in [-0.39, 0.29) is 11.6 Å². The average Bonchev–Trinajstić information content (AvgIpc) is 2.24. The number of carbonyl (C=O) groups is 1. The highest BCUT2D eigenvalue weighted by atomic mass is 16.6. The molecule has 1 amide bonds. The van der Waals surface area contributed by atoms with E-state index in [1.165, 1.54) is 19.1 Å². The van der Waals surface area contributed by atoms with Crippen LogP contribution in [0, 0.1) is 0 Å². The third-order valence-electron chi connectivity index (χ3n) is 1.78. The molecule has 6 heteroatoms. The molecule has 0 aromatic heterocycles. The summed E-state index contributed by atoms with van der Waals surface area (Å²) in [6, 6.07) is 0. The summed E-state index contributed by atoms with van der Waals surface area (Å²) in [6.45, 7) is 4.08. The van der Waals surface area contributed by atoms with Crippen molar-refractivity contribution >= 4 is 17.3 Å². The second kappa shape index (κ2) is 6.80. The van der Waals surface area contributed by atoms with Crippen molar-refractivity contribution in [2.75, 3.05) is 27.8 Å². The van der Waals surface area contributed by atoms with Gasteiger partial charge in [0, 0.05) is 13.6 Å². The topological polar surface area (TPSA) is 63.5 Å². The van der Waals surface area contributed by atoms with Gasteiger partial charge in [0.25, 0.3) is 5.91 Å². The molecule has 0 spiro atoms. The van der Waals surface area contributed by atoms with Crippen molar-refractivity contribution in [1.29, 1.82) is 0 Å². The summed E-state index contributed by atoms with van der Waals surface area (Å²) in [5, 5.41) is 7.27. The zero-order chi connectivity index (χ0) is 11.8. The molecule has 0 rings (SSSR count). The summed E-state index contributed by atoms with van der Waals surface area (Å²) in [7, 11) is 4.45. The van der Waals surface area contributed by atoms with Gasteiger partial charge in [-0.05, 0) is 13.8 Å². The van der Waals surface area contributed by atoms with Crippen LogP contribution in [0.25, 0.3) is 0 Å². The molecular formula is C9H17N3O3. The van der Waals surface area contributed by atoms with Gasteiger partial charge in [0.05, 0.1) is 0 Å². The van der Waals surface area contributed by atoms with E-state index in [9.17, 15) is 4.79 Å². The molecule has 0 unspecified atom stereocenters. The number of carbonyl (C=O) groups excluding carboxylic acids is 1. The predicted octanol–water partition coefficient (Wildman–Crippen LogP) is 0.489. The van der Waals surface area contributed by atoms with Crippen LogP contribution in [-0.4, -0.2) is 50.0 Å². The van der Waals surface area contributed by atoms with Crippen LogP contribution in [-0.2, 0) is 14.5 Å². The SMILES string of the molecule is CCN(C)C(=O)C(=NOC)C(C)=NOC. The Labute approximate surface area is 89.5 Å². The van der Waals surface area contributed by atoms with Crippen molar-refractivity contribution < 1.29 is 14.5 Å². The van der Waals surface area contributed by atoms with Crippen molar-refractivity contribution in [2.45, 2.75) is 13.8 Å². The summed E-state index contributed by atoms with van der Waals surface area (Å²) in [6.07, 6.45) is 0. The Balaban J connectivity index is 4.91. The minimum absolute atomic E-state index is 0.142. The fraction of sp³-hybridized carbons (Fsp3) is 0.667. The van der Waals surface area contributed by atoms with Gasteiger partial charge < -0.3 is 14.6 Å². The maximum atomic E-state index is 11.8. The molecule has 0 atom stereocenters. The van der Waals surface area contributed by atoms with Crippen molar-refractivity contribution in [3.63, 3.8) is 0 Å². The Morgan fingerprint density at radius 2 is 1.80 bits per heavy atom. The van der Waals surface area contributed by atoms with E-state index in [2.05, 4.69) is 20.0 Å². The van der Waals surface area contributed by atoms with E-state index in [1.807, 2.05) is 6.92 Å². The average molecular weight is 215 g/mol. The summed E-state index contributed by atoms with van der Waals surface area (Å²) in [5.41, 5.74) is 0.522. The number of hydrogen-bond donors (Lipinski definition) is 0. The highest BCUT2D eigenvalue weighted by Gasteiger charge is 2.19. The molecule has 15 heavy (non-hydrogen) atoms. The lowest BCUT2D eigenvalue weighted by Crippen LogP contribution is -2.36. The minimum atomic E-state index is -0.252. The fourth-order valence-electron chi connectivity index (χ4n) is 0.856. The molecule has 0 aliphatic rings. The van der Waals surface area contributed by atoms with Crippen molar-refractivity contribution in [3.05, 3.63) is 0 Å². The Morgan fingerprint density at radius 1 is 1.27 bits per heavy atom. The second-order valence-corrected chi connectivity index (χ2v) is 2.80. The lowest BCUT2D eigenvalue weighted by Gasteiger charge is -2.14. The van der Waals surface area contributed by atoms with Gasteiger partial charge in [0.1, 0.15) is 19.9 Å². The van der Waals surface area contributed by atoms with Gasteiger partial charge in [0.2, 0.25) is 0 Å². The van der Waals surface area contributed by atoms with Gasteiger partial charge >= 0.3 is 0 Å². The van der Waals surface area contributed by atoms with E-state index in [1.54, 1.807) is 14.0 Å². The van der Waals surface area contributed by atoms with Gasteiger partial charge in [-0.2, -0.15) is 0 Å². The third-order valence-corrected chi connectivity index (χ3v) is 1.78. The van der Waals surface area contributed by atoms with E-state index < -0.39 is 0 Å². The first kappa shape index (κ1) is 13.4. The standard InChI is InChI=1S/C9H17N3O3/c1-6-12(3)9(13)8(11-15-5)7(2)10-14-4/h6H2,1-5H3. The number of amides is 1. The van der Waals surface area contributed by atoms with Crippen LogP contribution in [0.2, 0.25) is 0 Å². The molecular weight excluding hydrogens is 198 g/mol. The first-order valence-corrected chi connectivity index (χ1v) is 4.53. The van der Waals surface area contributed by atoms with E-state index in [0.29, 0.717) is 12.3 Å². The first-order valence-electron chi connectivity index (χ1n) is 4.53. The van der Waals surface area contributed by atoms with Crippen LogP contribution in [0.4, 0.5) is 0 Å². The Morgan fingerprint density at radius 3 is 2.20 bits per heavy atom. The third kappa shape index (κ3) is 3.97. The van der Waals surface area contributed by atoms with Crippen LogP contribution in [0.3, 0.4) is 0 Å². The van der Waals surface area contributed by atoms with E-state index >= 15 is 0 Å². The molecule has 6 nitrogen and oxygen atoms in total. The maximum absolute atomic E-state index is 11.8. The smallest absolute Gasteiger partial charge is 0.277 e. The molecule has 0 aromatic carbocycles. The highest BCUT2D eigenvalue weighted by Crippen LogP contribution is 1.94. The number of hydrogen-bond acceptors (Lipinski definition) is 5. The second-order valence-electron chi connectivity index (χ2n) is 2.80. The van der Waals surface area contributed by atoms with E-state index in [4.69, 9.17) is 0 Å². The predicted molar refractivity (Wildman–Crippen MR) is 57.9 cm³/mol. The normalized spacial score (nSPS) is 12.3. The van der Waals surface area contributed by atoms with Crippen LogP contribution >= 0.6 is 0 Å². The lowest BCUT2D eigenvalue weighted by molar-refractivity contribution is -0.122. The molecule has 0 radical (unpaired) electrons. The van der Waals surface area contributed by atoms with Crippen molar-refractivity contribution in [3.8, 4) is 0 Å². The Hall–Kier alpha value is -1.59. The maximum Gasteiger partial charge on any atom is 0.277 e. The van der Waals surface area contributed by atoms with Crippen LogP contribution in [0.15, 0.2) is 10.3 Å². The zero-order valence-corrected chi connectivity index (χ0v) is 9.77.